The summed E-state index contributed by atoms with van der Waals surface area (Å²) in [4.78, 5) is 0. The molecule has 0 N–H and O–H groups in total. The summed E-state index contributed by atoms with van der Waals surface area (Å²) >= 11 is 0. The Morgan fingerprint density at radius 3 is 2.00 bits per heavy atom. The molecule has 0 spiro atoms. The van der Waals surface area contributed by atoms with Gasteiger partial charge in [-0.2, -0.15) is 0 Å². The van der Waals surface area contributed by atoms with Crippen molar-refractivity contribution in [3.05, 3.63) is 36.0 Å². The van der Waals surface area contributed by atoms with Crippen LogP contribution in [0.4, 0.5) is 0 Å². The van der Waals surface area contributed by atoms with Gasteiger partial charge in [-0.25, -0.2) is 0 Å². The molecular weight excluding hydrogens is 318 g/mol. The van der Waals surface area contributed by atoms with Gasteiger partial charge in [0.1, 0.15) is 0 Å². The highest BCUT2D eigenvalue weighted by atomic mass is 28.3. The first-order valence-corrected chi connectivity index (χ1v) is 12.7. The number of benzene rings is 1. The third-order valence-corrected chi connectivity index (χ3v) is 13.8. The second kappa shape index (κ2) is 7.30. The number of hydrogen-bond donors (Lipinski definition) is 0. The number of nitrogens with zero attached hydrogens (tertiary/aromatic N) is 1. The zero-order chi connectivity index (χ0) is 18.2. The second-order valence-electron chi connectivity index (χ2n) is 9.15. The Labute approximate surface area is 155 Å². The fraction of sp³-hybridized carbons (Fsp3) is 0.652. The van der Waals surface area contributed by atoms with E-state index in [-0.39, 0.29) is 0 Å². The van der Waals surface area contributed by atoms with Gasteiger partial charge < -0.3 is 4.23 Å². The average molecular weight is 356 g/mol. The van der Waals surface area contributed by atoms with Crippen molar-refractivity contribution < 1.29 is 0 Å². The van der Waals surface area contributed by atoms with Crippen molar-refractivity contribution in [1.82, 2.24) is 4.23 Å². The maximum Gasteiger partial charge on any atom is 0.169 e. The Morgan fingerprint density at radius 1 is 0.840 bits per heavy atom. The highest BCUT2D eigenvalue weighted by Crippen LogP contribution is 2.45. The molecule has 1 saturated carbocycles. The van der Waals surface area contributed by atoms with E-state index >= 15 is 0 Å². The summed E-state index contributed by atoms with van der Waals surface area (Å²) in [5.41, 5.74) is 5.34. The molecule has 138 valence electrons. The molecule has 0 unspecified atom stereocenters. The van der Waals surface area contributed by atoms with E-state index in [1.54, 1.807) is 5.56 Å². The maximum atomic E-state index is 2.77. The smallest absolute Gasteiger partial charge is 0.169 e. The number of aromatic nitrogens is 1. The van der Waals surface area contributed by atoms with Crippen LogP contribution in [0.5, 0.6) is 0 Å². The third-order valence-electron chi connectivity index (χ3n) is 7.00. The zero-order valence-electron chi connectivity index (χ0n) is 17.2. The van der Waals surface area contributed by atoms with Crippen LogP contribution >= 0.6 is 0 Å². The van der Waals surface area contributed by atoms with Crippen LogP contribution in [0, 0.1) is 0 Å². The van der Waals surface area contributed by atoms with Crippen LogP contribution in [-0.2, 0) is 0 Å². The minimum absolute atomic E-state index is 0.737. The van der Waals surface area contributed by atoms with Crippen molar-refractivity contribution in [2.45, 2.75) is 96.2 Å². The highest BCUT2D eigenvalue weighted by Gasteiger charge is 2.45. The van der Waals surface area contributed by atoms with E-state index in [0.29, 0.717) is 0 Å². The first-order chi connectivity index (χ1) is 11.9. The lowest BCUT2D eigenvalue weighted by Crippen LogP contribution is -2.51. The van der Waals surface area contributed by atoms with Gasteiger partial charge in [0, 0.05) is 10.9 Å². The molecule has 1 aromatic carbocycles. The minimum atomic E-state index is -1.67. The van der Waals surface area contributed by atoms with Crippen molar-refractivity contribution >= 4 is 19.1 Å². The van der Waals surface area contributed by atoms with Gasteiger partial charge in [0.15, 0.2) is 8.24 Å². The Kier molecular flexibility index (Phi) is 5.48. The second-order valence-corrected chi connectivity index (χ2v) is 14.9. The van der Waals surface area contributed by atoms with Gasteiger partial charge in [-0.1, -0.05) is 72.9 Å². The Hall–Kier alpha value is -1.02. The first-order valence-electron chi connectivity index (χ1n) is 10.5. The molecule has 1 nitrogen and oxygen atoms in total. The molecule has 1 aromatic heterocycles. The highest BCUT2D eigenvalue weighted by molar-refractivity contribution is 6.82. The molecule has 0 amide bonds. The maximum absolute atomic E-state index is 2.77. The van der Waals surface area contributed by atoms with Crippen LogP contribution < -0.4 is 0 Å². The molecule has 3 rings (SSSR count). The lowest BCUT2D eigenvalue weighted by atomic mass is 9.83. The summed E-state index contributed by atoms with van der Waals surface area (Å²) in [5.74, 6) is 0.779. The minimum Gasteiger partial charge on any atom is -0.373 e. The van der Waals surface area contributed by atoms with Crippen LogP contribution in [-0.4, -0.2) is 12.5 Å². The van der Waals surface area contributed by atoms with Crippen LogP contribution in [0.25, 0.3) is 10.9 Å². The van der Waals surface area contributed by atoms with Crippen LogP contribution in [0.1, 0.15) is 85.1 Å². The van der Waals surface area contributed by atoms with Gasteiger partial charge in [-0.15, -0.1) is 0 Å². The Balaban J connectivity index is 2.17. The lowest BCUT2D eigenvalue weighted by Gasteiger charge is -2.44. The van der Waals surface area contributed by atoms with Gasteiger partial charge in [-0.05, 0) is 59.3 Å². The molecule has 1 aliphatic rings. The third kappa shape index (κ3) is 3.01. The molecule has 0 saturated heterocycles. The standard InChI is InChI=1S/C23H37NSi/c1-17(2)25(18(3)4,19(5)6)24-16-15-22-21(13-10-14-23(22)24)20-11-8-7-9-12-20/h10,13-20H,7-9,11-12H2,1-6H3. The number of rotatable bonds is 5. The number of fused-ring (bicyclic) bond motifs is 1. The van der Waals surface area contributed by atoms with E-state index in [9.17, 15) is 0 Å². The summed E-state index contributed by atoms with van der Waals surface area (Å²) in [5, 5.41) is 1.54. The molecule has 2 aromatic rings. The van der Waals surface area contributed by atoms with Crippen molar-refractivity contribution in [1.29, 1.82) is 0 Å². The normalized spacial score (nSPS) is 17.3. The van der Waals surface area contributed by atoms with Crippen LogP contribution in [0.3, 0.4) is 0 Å². The van der Waals surface area contributed by atoms with E-state index in [4.69, 9.17) is 0 Å². The molecule has 1 fully saturated rings. The van der Waals surface area contributed by atoms with E-state index in [1.807, 2.05) is 0 Å². The van der Waals surface area contributed by atoms with E-state index in [0.717, 1.165) is 22.5 Å². The van der Waals surface area contributed by atoms with Gasteiger partial charge in [-0.3, -0.25) is 0 Å². The molecule has 0 radical (unpaired) electrons. The summed E-state index contributed by atoms with van der Waals surface area (Å²) in [6.45, 7) is 14.8. The topological polar surface area (TPSA) is 4.93 Å². The molecule has 0 bridgehead atoms. The SMILES string of the molecule is CC(C)[Si](C(C)C)(C(C)C)n1ccc2c(C3CCCCC3)cccc21. The average Bonchev–Trinajstić information content (AvgIpc) is 2.99. The Bertz CT molecular complexity index is 682. The van der Waals surface area contributed by atoms with E-state index < -0.39 is 8.24 Å². The zero-order valence-corrected chi connectivity index (χ0v) is 18.2. The quantitative estimate of drug-likeness (QED) is 0.484. The summed E-state index contributed by atoms with van der Waals surface area (Å²) in [6, 6.07) is 9.56. The molecule has 0 aliphatic heterocycles. The van der Waals surface area contributed by atoms with Gasteiger partial charge in [0.25, 0.3) is 0 Å². The molecular formula is C23H37NSi. The molecule has 1 heterocycles. The first kappa shape index (κ1) is 18.8. The Morgan fingerprint density at radius 2 is 1.44 bits per heavy atom. The fourth-order valence-electron chi connectivity index (χ4n) is 6.13. The number of hydrogen-bond acceptors (Lipinski definition) is 0. The van der Waals surface area contributed by atoms with Gasteiger partial charge in [0.05, 0.1) is 0 Å². The largest absolute Gasteiger partial charge is 0.373 e. The van der Waals surface area contributed by atoms with Crippen LogP contribution in [0.2, 0.25) is 16.6 Å². The fourth-order valence-corrected chi connectivity index (χ4v) is 12.7. The van der Waals surface area contributed by atoms with Crippen molar-refractivity contribution in [3.63, 3.8) is 0 Å². The van der Waals surface area contributed by atoms with Gasteiger partial charge in [0.2, 0.25) is 0 Å². The molecule has 1 aliphatic carbocycles. The van der Waals surface area contributed by atoms with Crippen molar-refractivity contribution in [2.75, 3.05) is 0 Å². The molecule has 25 heavy (non-hydrogen) atoms. The lowest BCUT2D eigenvalue weighted by molar-refractivity contribution is 0.445. The molecule has 0 atom stereocenters. The van der Waals surface area contributed by atoms with Crippen molar-refractivity contribution in [2.24, 2.45) is 0 Å². The van der Waals surface area contributed by atoms with Crippen LogP contribution in [0.15, 0.2) is 30.5 Å². The molecule has 2 heteroatoms. The van der Waals surface area contributed by atoms with Crippen molar-refractivity contribution in [3.8, 4) is 0 Å². The van der Waals surface area contributed by atoms with E-state index in [2.05, 4.69) is 76.2 Å². The predicted molar refractivity (Wildman–Crippen MR) is 114 cm³/mol. The summed E-state index contributed by atoms with van der Waals surface area (Å²) < 4.78 is 2.77. The predicted octanol–water partition coefficient (Wildman–Crippen LogP) is 7.71. The van der Waals surface area contributed by atoms with Gasteiger partial charge >= 0.3 is 0 Å². The summed E-state index contributed by atoms with van der Waals surface area (Å²) in [7, 11) is -1.67. The monoisotopic (exact) mass is 355 g/mol. The summed E-state index contributed by atoms with van der Waals surface area (Å²) in [6.07, 6.45) is 9.45. The van der Waals surface area contributed by atoms with E-state index in [1.165, 1.54) is 43.0 Å².